The molecule has 3 aliphatic heterocycles. The van der Waals surface area contributed by atoms with Crippen LogP contribution in [0.2, 0.25) is 0 Å². The van der Waals surface area contributed by atoms with E-state index in [1.165, 1.54) is 0 Å². The number of rotatable bonds is 3. The van der Waals surface area contributed by atoms with Crippen LogP contribution in [0.5, 0.6) is 0 Å². The fourth-order valence-corrected chi connectivity index (χ4v) is 5.10. The number of carbonyl (C=O) groups excluding carboxylic acids is 1. The Balaban J connectivity index is 0.00000231. The van der Waals surface area contributed by atoms with Gasteiger partial charge in [-0.3, -0.25) is 9.59 Å². The summed E-state index contributed by atoms with van der Waals surface area (Å²) in [5, 5.41) is 7.51. The Bertz CT molecular complexity index is 1010. The molecule has 2 saturated heterocycles. The second-order valence-corrected chi connectivity index (χ2v) is 9.26. The monoisotopic (exact) mass is 447 g/mol. The van der Waals surface area contributed by atoms with Crippen molar-refractivity contribution in [3.05, 3.63) is 45.5 Å². The van der Waals surface area contributed by atoms with Gasteiger partial charge in [0, 0.05) is 49.6 Å². The lowest BCUT2D eigenvalue weighted by Crippen LogP contribution is -2.47. The smallest absolute Gasteiger partial charge is 0.263 e. The van der Waals surface area contributed by atoms with Gasteiger partial charge in [0.15, 0.2) is 5.82 Å². The molecular weight excluding hydrogens is 418 g/mol. The number of nitrogens with zero attached hydrogens (tertiary/aromatic N) is 4. The predicted molar refractivity (Wildman–Crippen MR) is 118 cm³/mol. The molecule has 5 heterocycles. The lowest BCUT2D eigenvalue weighted by Gasteiger charge is -2.37. The van der Waals surface area contributed by atoms with Gasteiger partial charge in [-0.2, -0.15) is 4.98 Å². The summed E-state index contributed by atoms with van der Waals surface area (Å²) in [5.41, 5.74) is 1.23. The second-order valence-electron chi connectivity index (χ2n) is 9.26. The zero-order valence-electron chi connectivity index (χ0n) is 18.0. The molecule has 0 spiro atoms. The van der Waals surface area contributed by atoms with Crippen molar-refractivity contribution >= 4 is 18.3 Å². The predicted octanol–water partition coefficient (Wildman–Crippen LogP) is 2.50. The zero-order valence-corrected chi connectivity index (χ0v) is 18.9. The molecular formula is C22H30ClN5O3. The molecule has 5 rings (SSSR count). The maximum Gasteiger partial charge on any atom is 0.263 e. The molecule has 0 saturated carbocycles. The first-order valence-corrected chi connectivity index (χ1v) is 11.1. The van der Waals surface area contributed by atoms with Gasteiger partial charge in [0.05, 0.1) is 0 Å². The third-order valence-corrected chi connectivity index (χ3v) is 6.84. The molecule has 2 aromatic rings. The average molecular weight is 448 g/mol. The van der Waals surface area contributed by atoms with E-state index in [1.54, 1.807) is 11.0 Å². The van der Waals surface area contributed by atoms with Gasteiger partial charge in [0.2, 0.25) is 5.89 Å². The van der Waals surface area contributed by atoms with Gasteiger partial charge < -0.3 is 19.3 Å². The fourth-order valence-electron chi connectivity index (χ4n) is 5.10. The summed E-state index contributed by atoms with van der Waals surface area (Å²) in [6, 6.07) is 3.73. The number of hydrogen-bond acceptors (Lipinski definition) is 6. The minimum absolute atomic E-state index is 0. The molecule has 0 radical (unpaired) electrons. The van der Waals surface area contributed by atoms with Crippen molar-refractivity contribution in [2.45, 2.75) is 57.4 Å². The number of pyridine rings is 1. The van der Waals surface area contributed by atoms with E-state index in [-0.39, 0.29) is 35.7 Å². The van der Waals surface area contributed by atoms with Gasteiger partial charge in [-0.25, -0.2) is 0 Å². The summed E-state index contributed by atoms with van der Waals surface area (Å²) in [7, 11) is 0. The molecule has 168 valence electrons. The van der Waals surface area contributed by atoms with Crippen LogP contribution in [0.4, 0.5) is 0 Å². The summed E-state index contributed by atoms with van der Waals surface area (Å²) in [4.78, 5) is 32.6. The van der Waals surface area contributed by atoms with E-state index in [0.29, 0.717) is 42.9 Å². The molecule has 2 atom stereocenters. The molecule has 2 aromatic heterocycles. The first-order chi connectivity index (χ1) is 14.5. The van der Waals surface area contributed by atoms with Crippen LogP contribution in [-0.2, 0) is 6.54 Å². The minimum atomic E-state index is -0.156. The quantitative estimate of drug-likeness (QED) is 0.777. The maximum atomic E-state index is 13.1. The number of halogens is 1. The first-order valence-electron chi connectivity index (χ1n) is 11.1. The van der Waals surface area contributed by atoms with Crippen LogP contribution in [-0.4, -0.2) is 51.7 Å². The van der Waals surface area contributed by atoms with Crippen LogP contribution in [0.3, 0.4) is 0 Å². The number of carbonyl (C=O) groups is 1. The highest BCUT2D eigenvalue weighted by Crippen LogP contribution is 2.32. The van der Waals surface area contributed by atoms with E-state index in [9.17, 15) is 9.59 Å². The molecule has 0 unspecified atom stereocenters. The molecule has 2 bridgehead atoms. The number of hydrogen-bond donors (Lipinski definition) is 1. The number of piperidine rings is 2. The minimum Gasteiger partial charge on any atom is -0.339 e. The normalized spacial score (nSPS) is 23.4. The zero-order chi connectivity index (χ0) is 20.8. The highest BCUT2D eigenvalue weighted by molar-refractivity contribution is 5.94. The summed E-state index contributed by atoms with van der Waals surface area (Å²) >= 11 is 0. The van der Waals surface area contributed by atoms with Crippen molar-refractivity contribution in [1.29, 1.82) is 0 Å². The van der Waals surface area contributed by atoms with Crippen LogP contribution in [0.15, 0.2) is 21.5 Å². The second kappa shape index (κ2) is 8.74. The fraction of sp³-hybridized carbons (Fsp3) is 0.636. The third kappa shape index (κ3) is 4.03. The topological polar surface area (TPSA) is 93.3 Å². The molecule has 2 fully saturated rings. The van der Waals surface area contributed by atoms with Crippen LogP contribution in [0.1, 0.15) is 78.6 Å². The Morgan fingerprint density at radius 3 is 2.68 bits per heavy atom. The first kappa shape index (κ1) is 22.0. The van der Waals surface area contributed by atoms with E-state index in [2.05, 4.69) is 15.5 Å². The highest BCUT2D eigenvalue weighted by Gasteiger charge is 2.33. The van der Waals surface area contributed by atoms with Crippen molar-refractivity contribution in [2.24, 2.45) is 5.92 Å². The van der Waals surface area contributed by atoms with Gasteiger partial charge in [-0.15, -0.1) is 12.4 Å². The van der Waals surface area contributed by atoms with Crippen LogP contribution < -0.4 is 10.9 Å². The number of nitrogens with one attached hydrogen (secondary N) is 1. The van der Waals surface area contributed by atoms with Gasteiger partial charge in [-0.05, 0) is 43.9 Å². The number of fused-ring (bicyclic) bond motifs is 4. The Labute approximate surface area is 187 Å². The summed E-state index contributed by atoms with van der Waals surface area (Å²) in [6.07, 6.45) is 2.67. The summed E-state index contributed by atoms with van der Waals surface area (Å²) in [5.74, 6) is 2.48. The number of amides is 1. The Kier molecular flexibility index (Phi) is 6.21. The molecule has 0 aliphatic carbocycles. The standard InChI is InChI=1S/C22H29N5O3.ClH/c1-13(2)19-24-20(30-25-19)15-5-7-26(8-6-15)21(28)17-3-4-18-16-9-14(10-23-11-16)12-27(18)22(17)29;/h3-4,13-16,23H,5-12H2,1-2H3;1H/t14-,16+;/m0./s1. The van der Waals surface area contributed by atoms with E-state index in [4.69, 9.17) is 4.52 Å². The number of aromatic nitrogens is 3. The van der Waals surface area contributed by atoms with Gasteiger partial charge in [0.25, 0.3) is 11.5 Å². The van der Waals surface area contributed by atoms with E-state index >= 15 is 0 Å². The Morgan fingerprint density at radius 1 is 1.19 bits per heavy atom. The molecule has 1 amide bonds. The molecule has 3 aliphatic rings. The van der Waals surface area contributed by atoms with Crippen molar-refractivity contribution in [2.75, 3.05) is 26.2 Å². The maximum absolute atomic E-state index is 13.1. The van der Waals surface area contributed by atoms with E-state index in [1.807, 2.05) is 24.5 Å². The lowest BCUT2D eigenvalue weighted by atomic mass is 9.84. The van der Waals surface area contributed by atoms with Crippen LogP contribution in [0.25, 0.3) is 0 Å². The van der Waals surface area contributed by atoms with Gasteiger partial charge in [0.1, 0.15) is 5.56 Å². The van der Waals surface area contributed by atoms with Crippen LogP contribution in [0, 0.1) is 5.92 Å². The summed E-state index contributed by atoms with van der Waals surface area (Å²) in [6.45, 7) is 7.83. The Hall–Kier alpha value is -2.19. The van der Waals surface area contributed by atoms with E-state index in [0.717, 1.165) is 43.9 Å². The van der Waals surface area contributed by atoms with Crippen molar-refractivity contribution in [3.63, 3.8) is 0 Å². The SMILES string of the molecule is CC(C)c1noc(C2CCN(C(=O)c3ccc4n(c3=O)C[C@@H]3CNC[C@H]4C3)CC2)n1.Cl. The molecule has 8 nitrogen and oxygen atoms in total. The molecule has 0 aromatic carbocycles. The summed E-state index contributed by atoms with van der Waals surface area (Å²) < 4.78 is 7.29. The molecule has 9 heteroatoms. The van der Waals surface area contributed by atoms with E-state index < -0.39 is 0 Å². The van der Waals surface area contributed by atoms with Crippen molar-refractivity contribution < 1.29 is 9.32 Å². The van der Waals surface area contributed by atoms with Crippen LogP contribution >= 0.6 is 12.4 Å². The van der Waals surface area contributed by atoms with Gasteiger partial charge in [-0.1, -0.05) is 19.0 Å². The average Bonchev–Trinajstić information content (AvgIpc) is 3.25. The molecule has 1 N–H and O–H groups in total. The highest BCUT2D eigenvalue weighted by atomic mass is 35.5. The van der Waals surface area contributed by atoms with Gasteiger partial charge >= 0.3 is 0 Å². The Morgan fingerprint density at radius 2 is 1.97 bits per heavy atom. The molecule has 31 heavy (non-hydrogen) atoms. The van der Waals surface area contributed by atoms with Crippen molar-refractivity contribution in [3.8, 4) is 0 Å². The van der Waals surface area contributed by atoms with Crippen molar-refractivity contribution in [1.82, 2.24) is 24.9 Å². The lowest BCUT2D eigenvalue weighted by molar-refractivity contribution is 0.0701. The largest absolute Gasteiger partial charge is 0.339 e. The third-order valence-electron chi connectivity index (χ3n) is 6.84. The number of likely N-dealkylation sites (tertiary alicyclic amines) is 1.